The van der Waals surface area contributed by atoms with Gasteiger partial charge in [-0.3, -0.25) is 4.79 Å². The zero-order valence-corrected chi connectivity index (χ0v) is 22.0. The zero-order valence-electron chi connectivity index (χ0n) is 21.2. The highest BCUT2D eigenvalue weighted by molar-refractivity contribution is 7.90. The largest absolute Gasteiger partial charge is 0.490 e. The highest BCUT2D eigenvalue weighted by atomic mass is 32.2. The van der Waals surface area contributed by atoms with Gasteiger partial charge in [-0.1, -0.05) is 12.1 Å². The predicted octanol–water partition coefficient (Wildman–Crippen LogP) is 4.37. The standard InChI is InChI=1S/C26H31N3O6S/c1-6-33-22-12-18(13-23(34-7-2)24(22)35-8-3)26(30)27-25-19-14-36(31,32)15-20(19)28-29(25)21-11-9-10-16(4)17(21)5/h9-13H,6-8,14-15H2,1-5H3,(H,27,30). The number of aromatic nitrogens is 2. The number of amides is 1. The average Bonchev–Trinajstić information content (AvgIpc) is 3.30. The van der Waals surface area contributed by atoms with Gasteiger partial charge in [0.15, 0.2) is 21.3 Å². The highest BCUT2D eigenvalue weighted by Gasteiger charge is 2.34. The van der Waals surface area contributed by atoms with Crippen molar-refractivity contribution in [2.24, 2.45) is 0 Å². The Morgan fingerprint density at radius 1 is 1.00 bits per heavy atom. The van der Waals surface area contributed by atoms with Crippen molar-refractivity contribution in [1.29, 1.82) is 0 Å². The molecule has 0 spiro atoms. The summed E-state index contributed by atoms with van der Waals surface area (Å²) in [7, 11) is -3.33. The maximum Gasteiger partial charge on any atom is 0.257 e. The Kier molecular flexibility index (Phi) is 7.26. The molecule has 0 bridgehead atoms. The fourth-order valence-corrected chi connectivity index (χ4v) is 5.70. The number of sulfone groups is 1. The lowest BCUT2D eigenvalue weighted by atomic mass is 10.1. The minimum absolute atomic E-state index is 0.158. The van der Waals surface area contributed by atoms with E-state index in [9.17, 15) is 13.2 Å². The van der Waals surface area contributed by atoms with Crippen molar-refractivity contribution in [3.63, 3.8) is 0 Å². The smallest absolute Gasteiger partial charge is 0.257 e. The maximum absolute atomic E-state index is 13.5. The molecular formula is C26H31N3O6S. The Morgan fingerprint density at radius 2 is 1.64 bits per heavy atom. The first-order chi connectivity index (χ1) is 17.2. The Labute approximate surface area is 211 Å². The topological polar surface area (TPSA) is 109 Å². The van der Waals surface area contributed by atoms with Gasteiger partial charge in [0.1, 0.15) is 5.82 Å². The number of carbonyl (C=O) groups is 1. The van der Waals surface area contributed by atoms with Crippen molar-refractivity contribution >= 4 is 21.6 Å². The van der Waals surface area contributed by atoms with Crippen molar-refractivity contribution in [2.75, 3.05) is 25.1 Å². The summed E-state index contributed by atoms with van der Waals surface area (Å²) in [6.45, 7) is 10.7. The Morgan fingerprint density at radius 3 is 2.25 bits per heavy atom. The predicted molar refractivity (Wildman–Crippen MR) is 137 cm³/mol. The van der Waals surface area contributed by atoms with Crippen LogP contribution in [0.4, 0.5) is 5.82 Å². The summed E-state index contributed by atoms with van der Waals surface area (Å²) in [6.07, 6.45) is 0. The van der Waals surface area contributed by atoms with E-state index in [0.29, 0.717) is 54.1 Å². The van der Waals surface area contributed by atoms with Crippen molar-refractivity contribution in [1.82, 2.24) is 9.78 Å². The van der Waals surface area contributed by atoms with Gasteiger partial charge in [-0.2, -0.15) is 5.10 Å². The molecule has 3 aromatic rings. The molecule has 0 fully saturated rings. The second-order valence-corrected chi connectivity index (χ2v) is 10.6. The molecule has 1 aliphatic rings. The van der Waals surface area contributed by atoms with Crippen LogP contribution in [0.1, 0.15) is 53.5 Å². The van der Waals surface area contributed by atoms with E-state index in [0.717, 1.165) is 16.8 Å². The van der Waals surface area contributed by atoms with Crippen LogP contribution in [0.3, 0.4) is 0 Å². The highest BCUT2D eigenvalue weighted by Crippen LogP contribution is 2.40. The Bertz CT molecular complexity index is 1380. The molecule has 9 nitrogen and oxygen atoms in total. The van der Waals surface area contributed by atoms with Crippen LogP contribution in [0.2, 0.25) is 0 Å². The molecule has 0 atom stereocenters. The molecule has 0 unspecified atom stereocenters. The summed E-state index contributed by atoms with van der Waals surface area (Å²) >= 11 is 0. The monoisotopic (exact) mass is 513 g/mol. The van der Waals surface area contributed by atoms with E-state index < -0.39 is 15.7 Å². The number of benzene rings is 2. The van der Waals surface area contributed by atoms with E-state index in [1.165, 1.54) is 0 Å². The summed E-state index contributed by atoms with van der Waals surface area (Å²) in [5.41, 5.74) is 4.05. The number of fused-ring (bicyclic) bond motifs is 1. The fourth-order valence-electron chi connectivity index (χ4n) is 4.21. The number of hydrogen-bond donors (Lipinski definition) is 1. The first-order valence-corrected chi connectivity index (χ1v) is 13.8. The number of nitrogens with one attached hydrogen (secondary N) is 1. The van der Waals surface area contributed by atoms with Crippen LogP contribution >= 0.6 is 0 Å². The molecule has 0 saturated heterocycles. The molecule has 1 aliphatic heterocycles. The number of hydrogen-bond acceptors (Lipinski definition) is 7. The van der Waals surface area contributed by atoms with Gasteiger partial charge in [-0.05, 0) is 63.9 Å². The third-order valence-electron chi connectivity index (χ3n) is 6.00. The normalized spacial score (nSPS) is 13.8. The van der Waals surface area contributed by atoms with E-state index in [1.807, 2.05) is 52.8 Å². The number of ether oxygens (including phenoxy) is 3. The molecule has 36 heavy (non-hydrogen) atoms. The molecule has 1 aromatic heterocycles. The summed E-state index contributed by atoms with van der Waals surface area (Å²) < 4.78 is 43.5. The first-order valence-electron chi connectivity index (χ1n) is 11.9. The van der Waals surface area contributed by atoms with Crippen LogP contribution in [0.25, 0.3) is 5.69 Å². The third-order valence-corrected chi connectivity index (χ3v) is 7.44. The zero-order chi connectivity index (χ0) is 26.0. The van der Waals surface area contributed by atoms with E-state index in [2.05, 4.69) is 10.4 Å². The van der Waals surface area contributed by atoms with Crippen LogP contribution in [-0.2, 0) is 21.3 Å². The molecule has 2 aromatic carbocycles. The maximum atomic E-state index is 13.5. The SMILES string of the molecule is CCOc1cc(C(=O)Nc2c3c(nn2-c2cccc(C)c2C)CS(=O)(=O)C3)cc(OCC)c1OCC. The number of nitrogens with zero attached hydrogens (tertiary/aromatic N) is 2. The molecule has 2 heterocycles. The molecule has 0 saturated carbocycles. The van der Waals surface area contributed by atoms with Gasteiger partial charge in [0.2, 0.25) is 5.75 Å². The minimum Gasteiger partial charge on any atom is -0.490 e. The Hall–Kier alpha value is -3.53. The van der Waals surface area contributed by atoms with Gasteiger partial charge in [0.05, 0.1) is 42.7 Å². The van der Waals surface area contributed by atoms with E-state index in [1.54, 1.807) is 16.8 Å². The van der Waals surface area contributed by atoms with Crippen LogP contribution in [0.15, 0.2) is 30.3 Å². The van der Waals surface area contributed by atoms with Crippen molar-refractivity contribution in [3.05, 3.63) is 58.3 Å². The minimum atomic E-state index is -3.33. The number of anilines is 1. The van der Waals surface area contributed by atoms with Crippen LogP contribution < -0.4 is 19.5 Å². The molecule has 0 radical (unpaired) electrons. The van der Waals surface area contributed by atoms with Crippen molar-refractivity contribution in [3.8, 4) is 22.9 Å². The lowest BCUT2D eigenvalue weighted by molar-refractivity contribution is 0.102. The average molecular weight is 514 g/mol. The molecule has 192 valence electrons. The molecule has 10 heteroatoms. The fraction of sp³-hybridized carbons (Fsp3) is 0.385. The van der Waals surface area contributed by atoms with E-state index in [4.69, 9.17) is 14.2 Å². The lowest BCUT2D eigenvalue weighted by Crippen LogP contribution is -2.18. The quantitative estimate of drug-likeness (QED) is 0.453. The Balaban J connectivity index is 1.80. The summed E-state index contributed by atoms with van der Waals surface area (Å²) in [6, 6.07) is 8.99. The van der Waals surface area contributed by atoms with E-state index >= 15 is 0 Å². The van der Waals surface area contributed by atoms with Crippen molar-refractivity contribution < 1.29 is 27.4 Å². The number of rotatable bonds is 9. The van der Waals surface area contributed by atoms with Crippen molar-refractivity contribution in [2.45, 2.75) is 46.1 Å². The first kappa shape index (κ1) is 25.6. The van der Waals surface area contributed by atoms with E-state index in [-0.39, 0.29) is 17.1 Å². The van der Waals surface area contributed by atoms with Crippen LogP contribution in [0, 0.1) is 13.8 Å². The third kappa shape index (κ3) is 4.90. The van der Waals surface area contributed by atoms with Gasteiger partial charge in [0.25, 0.3) is 5.91 Å². The molecule has 0 aliphatic carbocycles. The summed E-state index contributed by atoms with van der Waals surface area (Å²) in [5, 5.41) is 7.52. The summed E-state index contributed by atoms with van der Waals surface area (Å²) in [4.78, 5) is 13.5. The molecule has 1 N–H and O–H groups in total. The molecule has 1 amide bonds. The molecular weight excluding hydrogens is 482 g/mol. The van der Waals surface area contributed by atoms with Crippen LogP contribution in [0.5, 0.6) is 17.2 Å². The van der Waals surface area contributed by atoms with Gasteiger partial charge in [0, 0.05) is 11.1 Å². The van der Waals surface area contributed by atoms with Gasteiger partial charge in [-0.25, -0.2) is 13.1 Å². The number of carbonyl (C=O) groups excluding carboxylic acids is 1. The second kappa shape index (κ2) is 10.2. The van der Waals surface area contributed by atoms with Gasteiger partial charge >= 0.3 is 0 Å². The van der Waals surface area contributed by atoms with Crippen LogP contribution in [-0.4, -0.2) is 43.9 Å². The molecule has 4 rings (SSSR count). The second-order valence-electron chi connectivity index (χ2n) is 8.49. The van der Waals surface area contributed by atoms with Gasteiger partial charge in [-0.15, -0.1) is 0 Å². The summed E-state index contributed by atoms with van der Waals surface area (Å²) in [5.74, 6) is 0.783. The number of aryl methyl sites for hydroxylation is 1. The lowest BCUT2D eigenvalue weighted by Gasteiger charge is -2.18. The van der Waals surface area contributed by atoms with Gasteiger partial charge < -0.3 is 19.5 Å².